The molecule has 0 fully saturated rings. The molecular formula is C5H3I2N5. The summed E-state index contributed by atoms with van der Waals surface area (Å²) in [5.74, 6) is 0. The maximum absolute atomic E-state index is 4.20. The number of hydrogen-bond donors (Lipinski definition) is 0. The molecular weight excluding hydrogens is 384 g/mol. The first kappa shape index (κ1) is 8.53. The first-order chi connectivity index (χ1) is 5.68. The molecule has 0 aromatic carbocycles. The molecule has 7 heteroatoms. The second kappa shape index (κ2) is 3.01. The third-order valence-corrected chi connectivity index (χ3v) is 2.62. The van der Waals surface area contributed by atoms with Crippen molar-refractivity contribution in [3.8, 4) is 0 Å². The Morgan fingerprint density at radius 1 is 1.25 bits per heavy atom. The van der Waals surface area contributed by atoms with Gasteiger partial charge in [-0.25, -0.2) is 14.6 Å². The summed E-state index contributed by atoms with van der Waals surface area (Å²) in [6, 6.07) is 0. The van der Waals surface area contributed by atoms with Crippen LogP contribution in [0.2, 0.25) is 0 Å². The normalized spacial score (nSPS) is 10.9. The van der Waals surface area contributed by atoms with E-state index in [2.05, 4.69) is 65.5 Å². The van der Waals surface area contributed by atoms with Crippen molar-refractivity contribution in [1.29, 1.82) is 0 Å². The standard InChI is InChI=1S/C5H3I2N5/c1-12-4-2(10-11-12)3(6)8-5(7)9-4/h1H3. The van der Waals surface area contributed by atoms with Crippen LogP contribution in [0.3, 0.4) is 0 Å². The molecule has 0 radical (unpaired) electrons. The van der Waals surface area contributed by atoms with E-state index < -0.39 is 0 Å². The number of aromatic nitrogens is 5. The van der Waals surface area contributed by atoms with Crippen molar-refractivity contribution in [1.82, 2.24) is 25.0 Å². The van der Waals surface area contributed by atoms with E-state index in [0.29, 0.717) is 0 Å². The molecule has 0 amide bonds. The Morgan fingerprint density at radius 2 is 2.00 bits per heavy atom. The quantitative estimate of drug-likeness (QED) is 0.384. The molecule has 2 aromatic rings. The average Bonchev–Trinajstić information content (AvgIpc) is 2.33. The molecule has 2 aromatic heterocycles. The molecule has 0 saturated carbocycles. The SMILES string of the molecule is Cn1nnc2c(I)nc(I)nc21. The number of halogens is 2. The summed E-state index contributed by atoms with van der Waals surface area (Å²) in [5.41, 5.74) is 1.54. The average molecular weight is 387 g/mol. The van der Waals surface area contributed by atoms with Crippen molar-refractivity contribution in [3.63, 3.8) is 0 Å². The van der Waals surface area contributed by atoms with Crippen molar-refractivity contribution < 1.29 is 0 Å². The van der Waals surface area contributed by atoms with Crippen LogP contribution in [-0.2, 0) is 7.05 Å². The minimum Gasteiger partial charge on any atom is -0.230 e. The molecule has 0 aliphatic carbocycles. The lowest BCUT2D eigenvalue weighted by Crippen LogP contribution is -1.96. The van der Waals surface area contributed by atoms with Gasteiger partial charge in [-0.1, -0.05) is 5.21 Å². The van der Waals surface area contributed by atoms with Crippen LogP contribution in [-0.4, -0.2) is 25.0 Å². The van der Waals surface area contributed by atoms with Gasteiger partial charge in [-0.3, -0.25) is 0 Å². The largest absolute Gasteiger partial charge is 0.230 e. The second-order valence-electron chi connectivity index (χ2n) is 2.17. The lowest BCUT2D eigenvalue weighted by molar-refractivity contribution is 0.729. The molecule has 0 aliphatic rings. The fourth-order valence-corrected chi connectivity index (χ4v) is 2.37. The molecule has 2 rings (SSSR count). The summed E-state index contributed by atoms with van der Waals surface area (Å²) >= 11 is 4.20. The van der Waals surface area contributed by atoms with E-state index in [4.69, 9.17) is 0 Å². The molecule has 0 atom stereocenters. The monoisotopic (exact) mass is 387 g/mol. The van der Waals surface area contributed by atoms with Crippen LogP contribution in [0.1, 0.15) is 0 Å². The predicted molar refractivity (Wildman–Crippen MR) is 59.5 cm³/mol. The number of rotatable bonds is 0. The van der Waals surface area contributed by atoms with E-state index in [-0.39, 0.29) is 0 Å². The Labute approximate surface area is 95.2 Å². The van der Waals surface area contributed by atoms with Gasteiger partial charge in [0.1, 0.15) is 3.70 Å². The third-order valence-electron chi connectivity index (χ3n) is 1.38. The fourth-order valence-electron chi connectivity index (χ4n) is 0.857. The Hall–Kier alpha value is -0.0600. The Morgan fingerprint density at radius 3 is 2.75 bits per heavy atom. The molecule has 0 spiro atoms. The lowest BCUT2D eigenvalue weighted by atomic mass is 10.6. The smallest absolute Gasteiger partial charge is 0.193 e. The highest BCUT2D eigenvalue weighted by atomic mass is 127. The van der Waals surface area contributed by atoms with E-state index in [1.807, 2.05) is 7.05 Å². The summed E-state index contributed by atoms with van der Waals surface area (Å²) < 4.78 is 3.20. The minimum absolute atomic E-state index is 0.718. The van der Waals surface area contributed by atoms with Crippen LogP contribution < -0.4 is 0 Å². The fraction of sp³-hybridized carbons (Fsp3) is 0.200. The first-order valence-electron chi connectivity index (χ1n) is 3.07. The molecule has 12 heavy (non-hydrogen) atoms. The maximum atomic E-state index is 4.20. The van der Waals surface area contributed by atoms with Gasteiger partial charge in [0.05, 0.1) is 0 Å². The zero-order valence-electron chi connectivity index (χ0n) is 5.99. The highest BCUT2D eigenvalue weighted by Crippen LogP contribution is 2.14. The predicted octanol–water partition coefficient (Wildman–Crippen LogP) is 0.968. The molecule has 62 valence electrons. The molecule has 0 N–H and O–H groups in total. The second-order valence-corrected chi connectivity index (χ2v) is 4.16. The van der Waals surface area contributed by atoms with Crippen molar-refractivity contribution in [2.24, 2.45) is 7.05 Å². The molecule has 0 aliphatic heterocycles. The number of nitrogens with zero attached hydrogens (tertiary/aromatic N) is 5. The van der Waals surface area contributed by atoms with Crippen LogP contribution in [0.5, 0.6) is 0 Å². The number of aryl methyl sites for hydroxylation is 1. The zero-order chi connectivity index (χ0) is 8.72. The maximum Gasteiger partial charge on any atom is 0.193 e. The third kappa shape index (κ3) is 1.28. The van der Waals surface area contributed by atoms with Crippen LogP contribution in [0.15, 0.2) is 0 Å². The van der Waals surface area contributed by atoms with Crippen molar-refractivity contribution in [2.45, 2.75) is 0 Å². The van der Waals surface area contributed by atoms with Gasteiger partial charge >= 0.3 is 0 Å². The minimum atomic E-state index is 0.718. The molecule has 0 bridgehead atoms. The van der Waals surface area contributed by atoms with Crippen molar-refractivity contribution in [3.05, 3.63) is 7.53 Å². The van der Waals surface area contributed by atoms with Crippen LogP contribution in [0.4, 0.5) is 0 Å². The van der Waals surface area contributed by atoms with Gasteiger partial charge in [-0.15, -0.1) is 5.10 Å². The number of fused-ring (bicyclic) bond motifs is 1. The Kier molecular flexibility index (Phi) is 2.14. The van der Waals surface area contributed by atoms with Gasteiger partial charge in [-0.2, -0.15) is 0 Å². The summed E-state index contributed by atoms with van der Waals surface area (Å²) in [6.45, 7) is 0. The highest BCUT2D eigenvalue weighted by molar-refractivity contribution is 14.1. The van der Waals surface area contributed by atoms with E-state index in [9.17, 15) is 0 Å². The van der Waals surface area contributed by atoms with E-state index >= 15 is 0 Å². The zero-order valence-corrected chi connectivity index (χ0v) is 10.3. The summed E-state index contributed by atoms with van der Waals surface area (Å²) in [5, 5.41) is 7.79. The number of hydrogen-bond acceptors (Lipinski definition) is 4. The Balaban J connectivity index is 2.92. The van der Waals surface area contributed by atoms with Gasteiger partial charge in [0, 0.05) is 29.6 Å². The van der Waals surface area contributed by atoms with E-state index in [1.165, 1.54) is 0 Å². The molecule has 5 nitrogen and oxygen atoms in total. The van der Waals surface area contributed by atoms with E-state index in [0.717, 1.165) is 18.7 Å². The summed E-state index contributed by atoms with van der Waals surface area (Å²) in [4.78, 5) is 8.37. The van der Waals surface area contributed by atoms with Crippen LogP contribution >= 0.6 is 45.2 Å². The highest BCUT2D eigenvalue weighted by Gasteiger charge is 2.08. The van der Waals surface area contributed by atoms with Gasteiger partial charge in [-0.05, 0) is 22.6 Å². The molecule has 0 unspecified atom stereocenters. The summed E-state index contributed by atoms with van der Waals surface area (Å²) in [7, 11) is 1.81. The van der Waals surface area contributed by atoms with Gasteiger partial charge in [0.15, 0.2) is 15.0 Å². The van der Waals surface area contributed by atoms with Gasteiger partial charge in [0.25, 0.3) is 0 Å². The van der Waals surface area contributed by atoms with Gasteiger partial charge in [0.2, 0.25) is 0 Å². The summed E-state index contributed by atoms with van der Waals surface area (Å²) in [6.07, 6.45) is 0. The van der Waals surface area contributed by atoms with Gasteiger partial charge < -0.3 is 0 Å². The first-order valence-corrected chi connectivity index (χ1v) is 5.22. The van der Waals surface area contributed by atoms with Crippen LogP contribution in [0.25, 0.3) is 11.2 Å². The molecule has 2 heterocycles. The van der Waals surface area contributed by atoms with Crippen molar-refractivity contribution >= 4 is 56.3 Å². The topological polar surface area (TPSA) is 56.5 Å². The molecule has 0 saturated heterocycles. The van der Waals surface area contributed by atoms with Crippen molar-refractivity contribution in [2.75, 3.05) is 0 Å². The van der Waals surface area contributed by atoms with E-state index in [1.54, 1.807) is 4.68 Å². The van der Waals surface area contributed by atoms with Crippen LogP contribution in [0, 0.1) is 7.53 Å². The lowest BCUT2D eigenvalue weighted by Gasteiger charge is -1.93. The Bertz CT molecular complexity index is 437.